The number of carbonyl (C=O) groups excluding carboxylic acids is 2. The van der Waals surface area contributed by atoms with Crippen LogP contribution in [-0.2, 0) is 31.3 Å². The molecule has 9 heteroatoms. The van der Waals surface area contributed by atoms with Crippen LogP contribution in [0.15, 0.2) is 78.9 Å². The highest BCUT2D eigenvalue weighted by Gasteiger charge is 2.47. The highest BCUT2D eigenvalue weighted by atomic mass is 35.5. The SMILES string of the molecule is CCCOC(OCCC)(C(=O)Oc1ccc2ccccc2c1OC(=O)Cc1ccccc1OC)c1ccc(Cl)cc1Cl. The van der Waals surface area contributed by atoms with Gasteiger partial charge < -0.3 is 23.7 Å². The summed E-state index contributed by atoms with van der Waals surface area (Å²) in [6, 6.07) is 22.5. The Kier molecular flexibility index (Phi) is 10.8. The molecule has 0 heterocycles. The Morgan fingerprint density at radius 1 is 0.786 bits per heavy atom. The number of rotatable bonds is 13. The lowest BCUT2D eigenvalue weighted by Gasteiger charge is -2.32. The molecule has 0 aromatic heterocycles. The number of para-hydroxylation sites is 1. The first-order valence-electron chi connectivity index (χ1n) is 13.6. The van der Waals surface area contributed by atoms with Crippen molar-refractivity contribution >= 4 is 45.9 Å². The van der Waals surface area contributed by atoms with Crippen LogP contribution in [0.5, 0.6) is 17.2 Å². The fraction of sp³-hybridized carbons (Fsp3) is 0.273. The number of benzene rings is 4. The van der Waals surface area contributed by atoms with E-state index < -0.39 is 17.7 Å². The molecular weight excluding hydrogens is 579 g/mol. The predicted molar refractivity (Wildman–Crippen MR) is 163 cm³/mol. The molecule has 220 valence electrons. The zero-order valence-electron chi connectivity index (χ0n) is 23.7. The van der Waals surface area contributed by atoms with Crippen LogP contribution < -0.4 is 14.2 Å². The first-order chi connectivity index (χ1) is 20.3. The lowest BCUT2D eigenvalue weighted by atomic mass is 10.0. The third-order valence-electron chi connectivity index (χ3n) is 6.36. The minimum atomic E-state index is -2.00. The summed E-state index contributed by atoms with van der Waals surface area (Å²) < 4.78 is 29.4. The molecule has 0 radical (unpaired) electrons. The quantitative estimate of drug-likeness (QED) is 0.0864. The fourth-order valence-corrected chi connectivity index (χ4v) is 4.94. The Morgan fingerprint density at radius 3 is 2.17 bits per heavy atom. The summed E-state index contributed by atoms with van der Waals surface area (Å²) in [4.78, 5) is 27.3. The van der Waals surface area contributed by atoms with Gasteiger partial charge in [0.1, 0.15) is 5.75 Å². The molecule has 7 nitrogen and oxygen atoms in total. The van der Waals surface area contributed by atoms with E-state index in [-0.39, 0.29) is 41.7 Å². The van der Waals surface area contributed by atoms with Crippen LogP contribution in [0.25, 0.3) is 10.8 Å². The average molecular weight is 612 g/mol. The fourth-order valence-electron chi connectivity index (χ4n) is 4.40. The molecule has 0 aliphatic carbocycles. The van der Waals surface area contributed by atoms with E-state index in [2.05, 4.69) is 0 Å². The maximum atomic E-state index is 14.1. The third-order valence-corrected chi connectivity index (χ3v) is 6.91. The topological polar surface area (TPSA) is 80.3 Å². The van der Waals surface area contributed by atoms with Crippen molar-refractivity contribution in [3.63, 3.8) is 0 Å². The van der Waals surface area contributed by atoms with E-state index in [1.165, 1.54) is 13.2 Å². The van der Waals surface area contributed by atoms with Crippen molar-refractivity contribution in [2.75, 3.05) is 20.3 Å². The summed E-state index contributed by atoms with van der Waals surface area (Å²) in [5, 5.41) is 1.92. The van der Waals surface area contributed by atoms with E-state index in [1.807, 2.05) is 38.1 Å². The van der Waals surface area contributed by atoms with Crippen LogP contribution in [-0.4, -0.2) is 32.3 Å². The first-order valence-corrected chi connectivity index (χ1v) is 14.4. The molecule has 0 unspecified atom stereocenters. The molecule has 0 aliphatic heterocycles. The van der Waals surface area contributed by atoms with Gasteiger partial charge in [-0.1, -0.05) is 91.6 Å². The van der Waals surface area contributed by atoms with E-state index in [0.29, 0.717) is 34.6 Å². The Labute approximate surface area is 255 Å². The minimum absolute atomic E-state index is 0.0155. The van der Waals surface area contributed by atoms with Gasteiger partial charge in [-0.3, -0.25) is 4.79 Å². The normalized spacial score (nSPS) is 11.4. The second-order valence-corrected chi connectivity index (χ2v) is 10.2. The molecule has 0 amide bonds. The van der Waals surface area contributed by atoms with Gasteiger partial charge in [0.25, 0.3) is 5.79 Å². The van der Waals surface area contributed by atoms with Crippen LogP contribution in [0.4, 0.5) is 0 Å². The molecule has 0 aliphatic rings. The van der Waals surface area contributed by atoms with Crippen LogP contribution in [0.1, 0.15) is 37.8 Å². The van der Waals surface area contributed by atoms with E-state index >= 15 is 0 Å². The highest BCUT2D eigenvalue weighted by molar-refractivity contribution is 6.35. The maximum Gasteiger partial charge on any atom is 0.377 e. The summed E-state index contributed by atoms with van der Waals surface area (Å²) in [6.45, 7) is 4.16. The number of ether oxygens (including phenoxy) is 5. The van der Waals surface area contributed by atoms with E-state index in [1.54, 1.807) is 48.5 Å². The summed E-state index contributed by atoms with van der Waals surface area (Å²) in [7, 11) is 1.53. The predicted octanol–water partition coefficient (Wildman–Crippen LogP) is 7.91. The van der Waals surface area contributed by atoms with E-state index in [4.69, 9.17) is 46.9 Å². The number of methoxy groups -OCH3 is 1. The molecule has 0 N–H and O–H groups in total. The molecule has 0 spiro atoms. The summed E-state index contributed by atoms with van der Waals surface area (Å²) in [6.07, 6.45) is 1.12. The van der Waals surface area contributed by atoms with Crippen molar-refractivity contribution in [1.29, 1.82) is 0 Å². The van der Waals surface area contributed by atoms with Gasteiger partial charge in [-0.05, 0) is 42.5 Å². The van der Waals surface area contributed by atoms with Gasteiger partial charge in [-0.25, -0.2) is 4.79 Å². The molecule has 0 bridgehead atoms. The summed E-state index contributed by atoms with van der Waals surface area (Å²) in [5.74, 6) is -2.79. The Morgan fingerprint density at radius 2 is 1.48 bits per heavy atom. The van der Waals surface area contributed by atoms with Crippen molar-refractivity contribution < 1.29 is 33.3 Å². The van der Waals surface area contributed by atoms with Gasteiger partial charge in [0.05, 0.1) is 31.8 Å². The third kappa shape index (κ3) is 7.05. The number of hydrogen-bond acceptors (Lipinski definition) is 7. The zero-order chi connectivity index (χ0) is 30.1. The summed E-state index contributed by atoms with van der Waals surface area (Å²) >= 11 is 12.7. The van der Waals surface area contributed by atoms with Crippen LogP contribution in [0.3, 0.4) is 0 Å². The molecule has 0 fully saturated rings. The van der Waals surface area contributed by atoms with Gasteiger partial charge in [0.2, 0.25) is 0 Å². The maximum absolute atomic E-state index is 14.1. The van der Waals surface area contributed by atoms with Crippen molar-refractivity contribution in [2.24, 2.45) is 0 Å². The van der Waals surface area contributed by atoms with E-state index in [9.17, 15) is 9.59 Å². The number of fused-ring (bicyclic) bond motifs is 1. The van der Waals surface area contributed by atoms with Gasteiger partial charge >= 0.3 is 11.9 Å². The van der Waals surface area contributed by atoms with Crippen LogP contribution in [0.2, 0.25) is 10.0 Å². The van der Waals surface area contributed by atoms with Crippen LogP contribution >= 0.6 is 23.2 Å². The lowest BCUT2D eigenvalue weighted by molar-refractivity contribution is -0.249. The number of halogens is 2. The standard InChI is InChI=1S/C33H32Cl2O7/c1-4-18-39-33(40-19-5-2,26-16-15-24(34)21-27(26)35)32(37)41-29-17-14-22-10-6-8-12-25(22)31(29)42-30(36)20-23-11-7-9-13-28(23)38-3/h6-17,21H,4-5,18-20H2,1-3H3. The van der Waals surface area contributed by atoms with Crippen molar-refractivity contribution in [1.82, 2.24) is 0 Å². The van der Waals surface area contributed by atoms with Gasteiger partial charge in [-0.15, -0.1) is 0 Å². The first kappa shape index (κ1) is 31.3. The molecule has 4 rings (SSSR count). The number of esters is 2. The monoisotopic (exact) mass is 610 g/mol. The lowest BCUT2D eigenvalue weighted by Crippen LogP contribution is -2.45. The summed E-state index contributed by atoms with van der Waals surface area (Å²) in [5.41, 5.74) is 0.900. The van der Waals surface area contributed by atoms with E-state index in [0.717, 1.165) is 5.39 Å². The number of carbonyl (C=O) groups is 2. The molecular formula is C33H32Cl2O7. The Balaban J connectivity index is 1.76. The molecule has 4 aromatic rings. The smallest absolute Gasteiger partial charge is 0.377 e. The van der Waals surface area contributed by atoms with Gasteiger partial charge in [-0.2, -0.15) is 0 Å². The molecule has 0 saturated carbocycles. The Hall–Kier alpha value is -3.62. The second-order valence-electron chi connectivity index (χ2n) is 9.40. The largest absolute Gasteiger partial charge is 0.496 e. The second kappa shape index (κ2) is 14.5. The molecule has 42 heavy (non-hydrogen) atoms. The average Bonchev–Trinajstić information content (AvgIpc) is 2.99. The van der Waals surface area contributed by atoms with Gasteiger partial charge in [0.15, 0.2) is 11.5 Å². The molecule has 0 atom stereocenters. The van der Waals surface area contributed by atoms with Crippen LogP contribution in [0, 0.1) is 0 Å². The highest BCUT2D eigenvalue weighted by Crippen LogP contribution is 2.40. The van der Waals surface area contributed by atoms with Crippen molar-refractivity contribution in [3.8, 4) is 17.2 Å². The number of hydrogen-bond donors (Lipinski definition) is 0. The van der Waals surface area contributed by atoms with Gasteiger partial charge in [0, 0.05) is 21.5 Å². The Bertz CT molecular complexity index is 1540. The molecule has 0 saturated heterocycles. The van der Waals surface area contributed by atoms with Crippen molar-refractivity contribution in [2.45, 2.75) is 38.9 Å². The minimum Gasteiger partial charge on any atom is -0.496 e. The van der Waals surface area contributed by atoms with Crippen molar-refractivity contribution in [3.05, 3.63) is 100 Å². The molecule has 4 aromatic carbocycles. The zero-order valence-corrected chi connectivity index (χ0v) is 25.2.